The summed E-state index contributed by atoms with van der Waals surface area (Å²) in [7, 11) is 0. The van der Waals surface area contributed by atoms with Crippen LogP contribution in [-0.4, -0.2) is 16.9 Å². The van der Waals surface area contributed by atoms with Gasteiger partial charge in [-0.2, -0.15) is 0 Å². The summed E-state index contributed by atoms with van der Waals surface area (Å²) in [6.07, 6.45) is 0.583. The van der Waals surface area contributed by atoms with E-state index in [1.54, 1.807) is 0 Å². The quantitative estimate of drug-likeness (QED) is 0.831. The molecule has 0 saturated heterocycles. The highest BCUT2D eigenvalue weighted by Crippen LogP contribution is 2.24. The van der Waals surface area contributed by atoms with Gasteiger partial charge in [0, 0.05) is 24.2 Å². The van der Waals surface area contributed by atoms with Gasteiger partial charge in [0.1, 0.15) is 11.5 Å². The molecule has 0 aliphatic carbocycles. The Morgan fingerprint density at radius 3 is 2.67 bits per heavy atom. The molecule has 1 heterocycles. The van der Waals surface area contributed by atoms with Crippen molar-refractivity contribution in [1.29, 1.82) is 0 Å². The van der Waals surface area contributed by atoms with E-state index in [0.29, 0.717) is 6.42 Å². The lowest BCUT2D eigenvalue weighted by Gasteiger charge is -1.99. The molecule has 3 heteroatoms. The molecule has 0 amide bonds. The Labute approximate surface area is 88.3 Å². The van der Waals surface area contributed by atoms with Gasteiger partial charge in [0.2, 0.25) is 0 Å². The lowest BCUT2D eigenvalue weighted by atomic mass is 10.0. The number of aliphatic hydroxyl groups is 1. The molecule has 0 bridgehead atoms. The van der Waals surface area contributed by atoms with Gasteiger partial charge in [-0.15, -0.1) is 0 Å². The number of rotatable bonds is 3. The predicted molar refractivity (Wildman–Crippen MR) is 57.5 cm³/mol. The topological polar surface area (TPSA) is 46.3 Å². The van der Waals surface area contributed by atoms with Gasteiger partial charge in [0.15, 0.2) is 0 Å². The zero-order chi connectivity index (χ0) is 10.7. The molecule has 0 atom stereocenters. The Balaban J connectivity index is 2.44. The summed E-state index contributed by atoms with van der Waals surface area (Å²) in [6, 6.07) is 9.85. The van der Waals surface area contributed by atoms with Crippen molar-refractivity contribution in [3.8, 4) is 11.3 Å². The second-order valence-corrected chi connectivity index (χ2v) is 3.41. The van der Waals surface area contributed by atoms with E-state index in [1.165, 1.54) is 0 Å². The van der Waals surface area contributed by atoms with Crippen LogP contribution >= 0.6 is 0 Å². The fraction of sp³-hybridized carbons (Fsp3) is 0.250. The number of nitrogens with zero attached hydrogens (tertiary/aromatic N) is 1. The van der Waals surface area contributed by atoms with Crippen LogP contribution in [-0.2, 0) is 6.42 Å². The van der Waals surface area contributed by atoms with Gasteiger partial charge in [0.05, 0.1) is 0 Å². The first-order valence-electron chi connectivity index (χ1n) is 4.94. The number of aromatic nitrogens is 1. The molecule has 2 aromatic rings. The number of aliphatic hydroxyl groups excluding tert-OH is 1. The highest BCUT2D eigenvalue weighted by Gasteiger charge is 2.13. The van der Waals surface area contributed by atoms with E-state index < -0.39 is 0 Å². The number of aryl methyl sites for hydroxylation is 1. The zero-order valence-corrected chi connectivity index (χ0v) is 8.60. The van der Waals surface area contributed by atoms with Crippen LogP contribution in [0.5, 0.6) is 0 Å². The molecule has 1 N–H and O–H groups in total. The van der Waals surface area contributed by atoms with Gasteiger partial charge in [0.25, 0.3) is 0 Å². The van der Waals surface area contributed by atoms with Crippen molar-refractivity contribution in [2.75, 3.05) is 6.61 Å². The van der Waals surface area contributed by atoms with Gasteiger partial charge in [-0.3, -0.25) is 0 Å². The van der Waals surface area contributed by atoms with Crippen molar-refractivity contribution in [3.63, 3.8) is 0 Å². The van der Waals surface area contributed by atoms with E-state index in [4.69, 9.17) is 9.63 Å². The van der Waals surface area contributed by atoms with Crippen molar-refractivity contribution in [2.45, 2.75) is 13.3 Å². The minimum absolute atomic E-state index is 0.113. The Kier molecular flexibility index (Phi) is 2.83. The molecule has 0 aliphatic rings. The number of hydrogen-bond donors (Lipinski definition) is 1. The van der Waals surface area contributed by atoms with Crippen LogP contribution in [0.3, 0.4) is 0 Å². The van der Waals surface area contributed by atoms with Crippen molar-refractivity contribution in [2.24, 2.45) is 0 Å². The van der Waals surface area contributed by atoms with Crippen molar-refractivity contribution in [1.82, 2.24) is 5.16 Å². The third kappa shape index (κ3) is 1.92. The lowest BCUT2D eigenvalue weighted by molar-refractivity contribution is 0.298. The maximum absolute atomic E-state index is 8.96. The van der Waals surface area contributed by atoms with E-state index >= 15 is 0 Å². The Hall–Kier alpha value is -1.61. The number of hydrogen-bond acceptors (Lipinski definition) is 3. The van der Waals surface area contributed by atoms with Crippen LogP contribution in [0.15, 0.2) is 34.9 Å². The van der Waals surface area contributed by atoms with Gasteiger partial charge >= 0.3 is 0 Å². The van der Waals surface area contributed by atoms with E-state index in [9.17, 15) is 0 Å². The van der Waals surface area contributed by atoms with Crippen molar-refractivity contribution < 1.29 is 9.63 Å². The maximum Gasteiger partial charge on any atom is 0.137 e. The van der Waals surface area contributed by atoms with Crippen LogP contribution in [0.25, 0.3) is 11.3 Å². The van der Waals surface area contributed by atoms with E-state index in [0.717, 1.165) is 22.6 Å². The summed E-state index contributed by atoms with van der Waals surface area (Å²) in [4.78, 5) is 0. The van der Waals surface area contributed by atoms with Crippen LogP contribution in [0.1, 0.15) is 11.3 Å². The first-order chi connectivity index (χ1) is 7.33. The van der Waals surface area contributed by atoms with Crippen LogP contribution in [0, 0.1) is 6.92 Å². The molecule has 0 saturated carbocycles. The maximum atomic E-state index is 8.96. The summed E-state index contributed by atoms with van der Waals surface area (Å²) in [5.74, 6) is 0.780. The minimum atomic E-state index is 0.113. The molecule has 0 unspecified atom stereocenters. The fourth-order valence-corrected chi connectivity index (χ4v) is 1.62. The summed E-state index contributed by atoms with van der Waals surface area (Å²) < 4.78 is 5.14. The summed E-state index contributed by atoms with van der Waals surface area (Å²) in [5, 5.41) is 13.0. The van der Waals surface area contributed by atoms with Crippen molar-refractivity contribution in [3.05, 3.63) is 41.7 Å². The average Bonchev–Trinajstić information content (AvgIpc) is 2.63. The highest BCUT2D eigenvalue weighted by molar-refractivity contribution is 5.63. The molecule has 3 nitrogen and oxygen atoms in total. The normalized spacial score (nSPS) is 10.5. The van der Waals surface area contributed by atoms with Crippen LogP contribution in [0.4, 0.5) is 0 Å². The standard InChI is InChI=1S/C12H13NO2/c1-9-11(7-8-14)12(13-15-9)10-5-3-2-4-6-10/h2-6,14H,7-8H2,1H3. The Morgan fingerprint density at radius 1 is 1.27 bits per heavy atom. The largest absolute Gasteiger partial charge is 0.396 e. The average molecular weight is 203 g/mol. The van der Waals surface area contributed by atoms with Gasteiger partial charge in [-0.25, -0.2) is 0 Å². The Bertz CT molecular complexity index is 434. The number of benzene rings is 1. The predicted octanol–water partition coefficient (Wildman–Crippen LogP) is 2.18. The fourth-order valence-electron chi connectivity index (χ4n) is 1.62. The van der Waals surface area contributed by atoms with Crippen LogP contribution in [0.2, 0.25) is 0 Å². The SMILES string of the molecule is Cc1onc(-c2ccccc2)c1CCO. The summed E-state index contributed by atoms with van der Waals surface area (Å²) >= 11 is 0. The lowest BCUT2D eigenvalue weighted by Crippen LogP contribution is -1.93. The molecule has 2 rings (SSSR count). The molecular formula is C12H13NO2. The van der Waals surface area contributed by atoms with Crippen LogP contribution < -0.4 is 0 Å². The second-order valence-electron chi connectivity index (χ2n) is 3.41. The van der Waals surface area contributed by atoms with Gasteiger partial charge in [-0.05, 0) is 6.92 Å². The van der Waals surface area contributed by atoms with E-state index in [1.807, 2.05) is 37.3 Å². The molecule has 15 heavy (non-hydrogen) atoms. The molecule has 1 aromatic carbocycles. The Morgan fingerprint density at radius 2 is 2.00 bits per heavy atom. The molecule has 0 spiro atoms. The smallest absolute Gasteiger partial charge is 0.137 e. The third-order valence-electron chi connectivity index (χ3n) is 2.39. The van der Waals surface area contributed by atoms with Crippen molar-refractivity contribution >= 4 is 0 Å². The van der Waals surface area contributed by atoms with Gasteiger partial charge in [-0.1, -0.05) is 35.5 Å². The third-order valence-corrected chi connectivity index (χ3v) is 2.39. The molecule has 0 radical (unpaired) electrons. The summed E-state index contributed by atoms with van der Waals surface area (Å²) in [6.45, 7) is 1.98. The first-order valence-corrected chi connectivity index (χ1v) is 4.94. The first kappa shape index (κ1) is 9.93. The highest BCUT2D eigenvalue weighted by atomic mass is 16.5. The second kappa shape index (κ2) is 4.28. The molecular weight excluding hydrogens is 190 g/mol. The monoisotopic (exact) mass is 203 g/mol. The molecule has 0 aliphatic heterocycles. The van der Waals surface area contributed by atoms with E-state index in [-0.39, 0.29) is 6.61 Å². The van der Waals surface area contributed by atoms with Gasteiger partial charge < -0.3 is 9.63 Å². The van der Waals surface area contributed by atoms with E-state index in [2.05, 4.69) is 5.16 Å². The molecule has 78 valence electrons. The molecule has 0 fully saturated rings. The zero-order valence-electron chi connectivity index (χ0n) is 8.60. The molecule has 1 aromatic heterocycles. The summed E-state index contributed by atoms with van der Waals surface area (Å²) in [5.41, 5.74) is 2.85. The minimum Gasteiger partial charge on any atom is -0.396 e.